The van der Waals surface area contributed by atoms with Gasteiger partial charge in [-0.1, -0.05) is 29.8 Å². The number of hydrogen-bond donors (Lipinski definition) is 0. The molecule has 0 heterocycles. The third-order valence-electron chi connectivity index (χ3n) is 1.21. The third kappa shape index (κ3) is 3.79. The minimum atomic E-state index is 0.737. The summed E-state index contributed by atoms with van der Waals surface area (Å²) in [6.45, 7) is 1.99. The fraction of sp³-hybridized carbons (Fsp3) is 0.222. The van der Waals surface area contributed by atoms with Crippen molar-refractivity contribution in [1.29, 1.82) is 0 Å². The Kier molecular flexibility index (Phi) is 5.49. The predicted octanol–water partition coefficient (Wildman–Crippen LogP) is 2.66. The summed E-state index contributed by atoms with van der Waals surface area (Å²) >= 11 is 4.64. The second kappa shape index (κ2) is 5.93. The first-order chi connectivity index (χ1) is 5.33. The summed E-state index contributed by atoms with van der Waals surface area (Å²) in [6, 6.07) is 7.46. The molecule has 0 aliphatic heterocycles. The first-order valence-corrected chi connectivity index (χ1v) is 3.98. The van der Waals surface area contributed by atoms with E-state index in [2.05, 4.69) is 11.6 Å². The van der Waals surface area contributed by atoms with Crippen molar-refractivity contribution < 1.29 is 4.79 Å². The minimum Gasteiger partial charge on any atom is -0.298 e. The van der Waals surface area contributed by atoms with Crippen LogP contribution in [-0.2, 0) is 0 Å². The average molecular weight is 171 g/mol. The van der Waals surface area contributed by atoms with E-state index >= 15 is 0 Å². The molecule has 0 fully saturated rings. The van der Waals surface area contributed by atoms with Gasteiger partial charge in [0.1, 0.15) is 6.29 Å². The molecule has 0 spiro atoms. The van der Waals surface area contributed by atoms with Crippen molar-refractivity contribution in [2.45, 2.75) is 6.92 Å². The van der Waals surface area contributed by atoms with Crippen LogP contribution in [0.1, 0.15) is 15.9 Å². The number of carbonyl (C=O) groups is 1. The van der Waals surface area contributed by atoms with Crippen LogP contribution in [0, 0.1) is 6.92 Å². The van der Waals surface area contributed by atoms with Crippen LogP contribution in [0.4, 0.5) is 0 Å². The molecule has 0 bridgehead atoms. The van der Waals surface area contributed by atoms with Crippen molar-refractivity contribution in [3.05, 3.63) is 35.4 Å². The molecule has 1 nitrogen and oxygen atoms in total. The SMILES string of the molecule is CCl.Cc1ccc(C=O)cc1. The van der Waals surface area contributed by atoms with E-state index in [1.165, 1.54) is 11.9 Å². The zero-order chi connectivity index (χ0) is 8.69. The second-order valence-electron chi connectivity index (χ2n) is 2.03. The Labute approximate surface area is 72.0 Å². The van der Waals surface area contributed by atoms with Crippen molar-refractivity contribution in [1.82, 2.24) is 0 Å². The Morgan fingerprint density at radius 3 is 2.00 bits per heavy atom. The number of aldehydes is 1. The molecule has 1 aromatic carbocycles. The van der Waals surface area contributed by atoms with Gasteiger partial charge in [0.15, 0.2) is 0 Å². The first-order valence-electron chi connectivity index (χ1n) is 3.22. The molecule has 0 saturated carbocycles. The van der Waals surface area contributed by atoms with Crippen molar-refractivity contribution in [3.63, 3.8) is 0 Å². The average Bonchev–Trinajstić information content (AvgIpc) is 2.10. The molecular weight excluding hydrogens is 160 g/mol. The van der Waals surface area contributed by atoms with Gasteiger partial charge in [0.2, 0.25) is 0 Å². The van der Waals surface area contributed by atoms with Gasteiger partial charge in [0, 0.05) is 11.9 Å². The molecule has 0 saturated heterocycles. The summed E-state index contributed by atoms with van der Waals surface area (Å²) in [7, 11) is 0. The van der Waals surface area contributed by atoms with Crippen LogP contribution >= 0.6 is 11.6 Å². The molecule has 0 radical (unpaired) electrons. The van der Waals surface area contributed by atoms with Gasteiger partial charge >= 0.3 is 0 Å². The van der Waals surface area contributed by atoms with E-state index in [1.54, 1.807) is 0 Å². The van der Waals surface area contributed by atoms with Crippen molar-refractivity contribution >= 4 is 17.9 Å². The van der Waals surface area contributed by atoms with E-state index in [9.17, 15) is 4.79 Å². The van der Waals surface area contributed by atoms with Crippen molar-refractivity contribution in [3.8, 4) is 0 Å². The molecule has 0 atom stereocenters. The molecule has 0 aliphatic carbocycles. The highest BCUT2D eigenvalue weighted by molar-refractivity contribution is 6.15. The molecule has 0 N–H and O–H groups in total. The Hall–Kier alpha value is -0.820. The Balaban J connectivity index is 0.000000461. The number of benzene rings is 1. The van der Waals surface area contributed by atoms with Gasteiger partial charge in [-0.25, -0.2) is 0 Å². The van der Waals surface area contributed by atoms with Gasteiger partial charge in [0.05, 0.1) is 0 Å². The van der Waals surface area contributed by atoms with Crippen molar-refractivity contribution in [2.24, 2.45) is 0 Å². The van der Waals surface area contributed by atoms with E-state index in [0.29, 0.717) is 0 Å². The van der Waals surface area contributed by atoms with Gasteiger partial charge in [-0.2, -0.15) is 0 Å². The van der Waals surface area contributed by atoms with Crippen LogP contribution in [-0.4, -0.2) is 12.7 Å². The molecule has 11 heavy (non-hydrogen) atoms. The Morgan fingerprint density at radius 1 is 1.18 bits per heavy atom. The largest absolute Gasteiger partial charge is 0.298 e. The smallest absolute Gasteiger partial charge is 0.150 e. The fourth-order valence-corrected chi connectivity index (χ4v) is 0.645. The first kappa shape index (κ1) is 10.2. The molecular formula is C9H11ClO. The quantitative estimate of drug-likeness (QED) is 0.468. The van der Waals surface area contributed by atoms with Crippen LogP contribution in [0.2, 0.25) is 0 Å². The van der Waals surface area contributed by atoms with E-state index in [1.807, 2.05) is 31.2 Å². The monoisotopic (exact) mass is 170 g/mol. The van der Waals surface area contributed by atoms with Crippen LogP contribution in [0.25, 0.3) is 0 Å². The van der Waals surface area contributed by atoms with Gasteiger partial charge in [-0.05, 0) is 6.92 Å². The molecule has 0 amide bonds. The number of carbonyl (C=O) groups excluding carboxylic acids is 1. The maximum Gasteiger partial charge on any atom is 0.150 e. The van der Waals surface area contributed by atoms with Crippen LogP contribution < -0.4 is 0 Å². The Bertz CT molecular complexity index is 203. The second-order valence-corrected chi connectivity index (χ2v) is 2.03. The Morgan fingerprint density at radius 2 is 1.64 bits per heavy atom. The topological polar surface area (TPSA) is 17.1 Å². The predicted molar refractivity (Wildman–Crippen MR) is 48.3 cm³/mol. The molecule has 2 heteroatoms. The maximum atomic E-state index is 10.1. The van der Waals surface area contributed by atoms with Gasteiger partial charge < -0.3 is 0 Å². The lowest BCUT2D eigenvalue weighted by Gasteiger charge is -1.89. The van der Waals surface area contributed by atoms with E-state index < -0.39 is 0 Å². The summed E-state index contributed by atoms with van der Waals surface area (Å²) < 4.78 is 0. The summed E-state index contributed by atoms with van der Waals surface area (Å²) in [5.74, 6) is 0. The lowest BCUT2D eigenvalue weighted by molar-refractivity contribution is 0.112. The summed E-state index contributed by atoms with van der Waals surface area (Å²) in [5.41, 5.74) is 1.92. The van der Waals surface area contributed by atoms with Crippen LogP contribution in [0.15, 0.2) is 24.3 Å². The van der Waals surface area contributed by atoms with E-state index in [4.69, 9.17) is 0 Å². The standard InChI is InChI=1S/C8H8O.CH3Cl/c1-7-2-4-8(6-9)5-3-7;1-2/h2-6H,1H3;1H3. The maximum absolute atomic E-state index is 10.1. The van der Waals surface area contributed by atoms with Gasteiger partial charge in [0.25, 0.3) is 0 Å². The molecule has 1 rings (SSSR count). The molecule has 60 valence electrons. The number of hydrogen-bond acceptors (Lipinski definition) is 1. The van der Waals surface area contributed by atoms with Crippen LogP contribution in [0.5, 0.6) is 0 Å². The van der Waals surface area contributed by atoms with Gasteiger partial charge in [-0.3, -0.25) is 4.79 Å². The lowest BCUT2D eigenvalue weighted by Crippen LogP contribution is -1.77. The van der Waals surface area contributed by atoms with Crippen molar-refractivity contribution in [2.75, 3.05) is 6.38 Å². The minimum absolute atomic E-state index is 0.737. The third-order valence-corrected chi connectivity index (χ3v) is 1.21. The molecule has 0 unspecified atom stereocenters. The van der Waals surface area contributed by atoms with Crippen LogP contribution in [0.3, 0.4) is 0 Å². The highest BCUT2D eigenvalue weighted by Gasteiger charge is 1.85. The lowest BCUT2D eigenvalue weighted by atomic mass is 10.2. The number of rotatable bonds is 1. The zero-order valence-corrected chi connectivity index (χ0v) is 7.43. The molecule has 0 aromatic heterocycles. The number of halogens is 1. The van der Waals surface area contributed by atoms with E-state index in [-0.39, 0.29) is 0 Å². The molecule has 1 aromatic rings. The number of aryl methyl sites for hydroxylation is 1. The zero-order valence-electron chi connectivity index (χ0n) is 6.67. The van der Waals surface area contributed by atoms with Gasteiger partial charge in [-0.15, -0.1) is 11.6 Å². The van der Waals surface area contributed by atoms with E-state index in [0.717, 1.165) is 11.8 Å². The summed E-state index contributed by atoms with van der Waals surface area (Å²) in [6.07, 6.45) is 2.32. The summed E-state index contributed by atoms with van der Waals surface area (Å²) in [5, 5.41) is 0. The highest BCUT2D eigenvalue weighted by Crippen LogP contribution is 1.98. The highest BCUT2D eigenvalue weighted by atomic mass is 35.5. The fourth-order valence-electron chi connectivity index (χ4n) is 0.645. The summed E-state index contributed by atoms with van der Waals surface area (Å²) in [4.78, 5) is 10.1. The molecule has 0 aliphatic rings. The normalized spacial score (nSPS) is 7.91. The number of alkyl halides is 1.